The van der Waals surface area contributed by atoms with Crippen LogP contribution in [0.3, 0.4) is 0 Å². The van der Waals surface area contributed by atoms with E-state index in [9.17, 15) is 0 Å². The predicted molar refractivity (Wildman–Crippen MR) is 78.9 cm³/mol. The SMILES string of the molecule is CCCNC1CCCCC1c1ccc2c(c1)CCO2. The zero-order valence-corrected chi connectivity index (χ0v) is 12.0. The fourth-order valence-electron chi connectivity index (χ4n) is 3.54. The first-order chi connectivity index (χ1) is 9.38. The Bertz CT molecular complexity index is 429. The monoisotopic (exact) mass is 259 g/mol. The molecule has 2 heteroatoms. The highest BCUT2D eigenvalue weighted by molar-refractivity contribution is 5.41. The molecule has 2 nitrogen and oxygen atoms in total. The average molecular weight is 259 g/mol. The van der Waals surface area contributed by atoms with Crippen molar-refractivity contribution >= 4 is 0 Å². The minimum absolute atomic E-state index is 0.675. The zero-order chi connectivity index (χ0) is 13.1. The average Bonchev–Trinajstić information content (AvgIpc) is 2.92. The van der Waals surface area contributed by atoms with Crippen LogP contribution in [0.2, 0.25) is 0 Å². The topological polar surface area (TPSA) is 21.3 Å². The third kappa shape index (κ3) is 2.79. The van der Waals surface area contributed by atoms with Gasteiger partial charge < -0.3 is 10.1 Å². The van der Waals surface area contributed by atoms with Gasteiger partial charge in [0.25, 0.3) is 0 Å². The van der Waals surface area contributed by atoms with E-state index in [4.69, 9.17) is 4.74 Å². The summed E-state index contributed by atoms with van der Waals surface area (Å²) in [7, 11) is 0. The molecule has 0 aromatic heterocycles. The normalized spacial score (nSPS) is 25.9. The van der Waals surface area contributed by atoms with Crippen molar-refractivity contribution in [3.8, 4) is 5.75 Å². The lowest BCUT2D eigenvalue weighted by atomic mass is 9.79. The lowest BCUT2D eigenvalue weighted by Crippen LogP contribution is -2.37. The standard InChI is InChI=1S/C17H25NO/c1-2-10-18-16-6-4-3-5-15(16)13-7-8-17-14(12-13)9-11-19-17/h7-8,12,15-16,18H,2-6,9-11H2,1H3. The van der Waals surface area contributed by atoms with E-state index < -0.39 is 0 Å². The summed E-state index contributed by atoms with van der Waals surface area (Å²) < 4.78 is 5.62. The molecule has 104 valence electrons. The second kappa shape index (κ2) is 5.96. The molecule has 3 rings (SSSR count). The van der Waals surface area contributed by atoms with Gasteiger partial charge in [0, 0.05) is 12.5 Å². The fraction of sp³-hybridized carbons (Fsp3) is 0.647. The van der Waals surface area contributed by atoms with Crippen molar-refractivity contribution in [2.75, 3.05) is 13.2 Å². The van der Waals surface area contributed by atoms with Crippen LogP contribution in [0.15, 0.2) is 18.2 Å². The summed E-state index contributed by atoms with van der Waals surface area (Å²) in [5.74, 6) is 1.81. The quantitative estimate of drug-likeness (QED) is 0.891. The number of hydrogen-bond acceptors (Lipinski definition) is 2. The zero-order valence-electron chi connectivity index (χ0n) is 12.0. The Kier molecular flexibility index (Phi) is 4.07. The van der Waals surface area contributed by atoms with Gasteiger partial charge in [-0.05, 0) is 48.9 Å². The number of nitrogens with one attached hydrogen (secondary N) is 1. The summed E-state index contributed by atoms with van der Waals surface area (Å²) in [4.78, 5) is 0. The molecule has 1 aliphatic heterocycles. The number of fused-ring (bicyclic) bond motifs is 1. The maximum absolute atomic E-state index is 5.62. The highest BCUT2D eigenvalue weighted by Crippen LogP contribution is 2.36. The van der Waals surface area contributed by atoms with Gasteiger partial charge in [-0.3, -0.25) is 0 Å². The first-order valence-electron chi connectivity index (χ1n) is 7.87. The highest BCUT2D eigenvalue weighted by atomic mass is 16.5. The summed E-state index contributed by atoms with van der Waals surface area (Å²) in [6.07, 6.45) is 7.73. The molecule has 1 heterocycles. The van der Waals surface area contributed by atoms with Gasteiger partial charge in [0.2, 0.25) is 0 Å². The van der Waals surface area contributed by atoms with Gasteiger partial charge in [-0.1, -0.05) is 31.9 Å². The van der Waals surface area contributed by atoms with E-state index in [1.54, 1.807) is 0 Å². The van der Waals surface area contributed by atoms with Gasteiger partial charge in [-0.15, -0.1) is 0 Å². The van der Waals surface area contributed by atoms with Crippen molar-refractivity contribution in [1.29, 1.82) is 0 Å². The molecule has 2 aliphatic rings. The molecule has 0 saturated heterocycles. The van der Waals surface area contributed by atoms with Crippen LogP contribution >= 0.6 is 0 Å². The molecule has 2 atom stereocenters. The minimum atomic E-state index is 0.675. The van der Waals surface area contributed by atoms with E-state index in [-0.39, 0.29) is 0 Å². The van der Waals surface area contributed by atoms with Crippen LogP contribution in [-0.4, -0.2) is 19.2 Å². The fourth-order valence-corrected chi connectivity index (χ4v) is 3.54. The molecule has 1 aromatic rings. The van der Waals surface area contributed by atoms with Crippen molar-refractivity contribution in [2.45, 2.75) is 57.4 Å². The van der Waals surface area contributed by atoms with Crippen LogP contribution in [0.1, 0.15) is 56.1 Å². The first-order valence-corrected chi connectivity index (χ1v) is 7.87. The van der Waals surface area contributed by atoms with Gasteiger partial charge >= 0.3 is 0 Å². The van der Waals surface area contributed by atoms with Gasteiger partial charge in [0.1, 0.15) is 5.75 Å². The number of benzene rings is 1. The maximum atomic E-state index is 5.62. The molecule has 0 spiro atoms. The smallest absolute Gasteiger partial charge is 0.122 e. The Hall–Kier alpha value is -1.02. The van der Waals surface area contributed by atoms with E-state index in [1.807, 2.05) is 0 Å². The summed E-state index contributed by atoms with van der Waals surface area (Å²) in [6.45, 7) is 4.26. The Balaban J connectivity index is 1.78. The van der Waals surface area contributed by atoms with E-state index in [1.165, 1.54) is 43.2 Å². The second-order valence-corrected chi connectivity index (χ2v) is 5.92. The van der Waals surface area contributed by atoms with Gasteiger partial charge in [0.15, 0.2) is 0 Å². The molecule has 0 bridgehead atoms. The predicted octanol–water partition coefficient (Wildman–Crippen LogP) is 3.65. The Labute approximate surface area is 116 Å². The number of hydrogen-bond donors (Lipinski definition) is 1. The van der Waals surface area contributed by atoms with Crippen molar-refractivity contribution in [2.24, 2.45) is 0 Å². The Morgan fingerprint density at radius 1 is 1.26 bits per heavy atom. The number of ether oxygens (including phenoxy) is 1. The van der Waals surface area contributed by atoms with Crippen molar-refractivity contribution < 1.29 is 4.74 Å². The van der Waals surface area contributed by atoms with Crippen LogP contribution in [0, 0.1) is 0 Å². The first kappa shape index (κ1) is 13.0. The summed E-state index contributed by atoms with van der Waals surface area (Å²) in [5.41, 5.74) is 2.94. The molecule has 1 N–H and O–H groups in total. The maximum Gasteiger partial charge on any atom is 0.122 e. The Morgan fingerprint density at radius 3 is 3.05 bits per heavy atom. The van der Waals surface area contributed by atoms with Gasteiger partial charge in [0.05, 0.1) is 6.61 Å². The molecule has 19 heavy (non-hydrogen) atoms. The summed E-state index contributed by atoms with van der Waals surface area (Å²) in [6, 6.07) is 7.55. The van der Waals surface area contributed by atoms with Crippen LogP contribution in [0.25, 0.3) is 0 Å². The molecular formula is C17H25NO. The third-order valence-corrected chi connectivity index (χ3v) is 4.56. The minimum Gasteiger partial charge on any atom is -0.493 e. The van der Waals surface area contributed by atoms with Gasteiger partial charge in [-0.2, -0.15) is 0 Å². The molecular weight excluding hydrogens is 234 g/mol. The van der Waals surface area contributed by atoms with Crippen LogP contribution in [-0.2, 0) is 6.42 Å². The number of rotatable bonds is 4. The van der Waals surface area contributed by atoms with E-state index in [0.717, 1.165) is 25.3 Å². The molecule has 1 aromatic carbocycles. The van der Waals surface area contributed by atoms with Crippen molar-refractivity contribution in [3.05, 3.63) is 29.3 Å². The van der Waals surface area contributed by atoms with Crippen LogP contribution in [0.5, 0.6) is 5.75 Å². The largest absolute Gasteiger partial charge is 0.493 e. The summed E-state index contributed by atoms with van der Waals surface area (Å²) >= 11 is 0. The molecule has 1 aliphatic carbocycles. The van der Waals surface area contributed by atoms with E-state index >= 15 is 0 Å². The lowest BCUT2D eigenvalue weighted by Gasteiger charge is -2.33. The van der Waals surface area contributed by atoms with Crippen molar-refractivity contribution in [3.63, 3.8) is 0 Å². The summed E-state index contributed by atoms with van der Waals surface area (Å²) in [5, 5.41) is 3.76. The molecule has 1 saturated carbocycles. The third-order valence-electron chi connectivity index (χ3n) is 4.56. The highest BCUT2D eigenvalue weighted by Gasteiger charge is 2.26. The van der Waals surface area contributed by atoms with Crippen LogP contribution in [0.4, 0.5) is 0 Å². The Morgan fingerprint density at radius 2 is 2.16 bits per heavy atom. The second-order valence-electron chi connectivity index (χ2n) is 5.92. The van der Waals surface area contributed by atoms with E-state index in [2.05, 4.69) is 30.4 Å². The molecule has 0 radical (unpaired) electrons. The lowest BCUT2D eigenvalue weighted by molar-refractivity contribution is 0.328. The van der Waals surface area contributed by atoms with Crippen LogP contribution < -0.4 is 10.1 Å². The molecule has 1 fully saturated rings. The van der Waals surface area contributed by atoms with Gasteiger partial charge in [-0.25, -0.2) is 0 Å². The van der Waals surface area contributed by atoms with Crippen molar-refractivity contribution in [1.82, 2.24) is 5.32 Å². The molecule has 0 amide bonds. The molecule has 2 unspecified atom stereocenters. The van der Waals surface area contributed by atoms with E-state index in [0.29, 0.717) is 12.0 Å².